The molecule has 0 heterocycles. The van der Waals surface area contributed by atoms with E-state index in [2.05, 4.69) is 17.0 Å². The first-order valence-electron chi connectivity index (χ1n) is 6.41. The Labute approximate surface area is 113 Å². The Kier molecular flexibility index (Phi) is 4.66. The lowest BCUT2D eigenvalue weighted by molar-refractivity contribution is 0.237. The maximum absolute atomic E-state index is 13.8. The van der Waals surface area contributed by atoms with Crippen LogP contribution in [0.5, 0.6) is 0 Å². The van der Waals surface area contributed by atoms with Gasteiger partial charge in [0.15, 0.2) is 0 Å². The van der Waals surface area contributed by atoms with Crippen LogP contribution in [0.2, 0.25) is 0 Å². The molecular formula is C16H19FN2. The summed E-state index contributed by atoms with van der Waals surface area (Å²) in [6.45, 7) is 1.14. The largest absolute Gasteiger partial charge is 0.329 e. The molecule has 2 nitrogen and oxygen atoms in total. The number of rotatable bonds is 5. The molecule has 100 valence electrons. The quantitative estimate of drug-likeness (QED) is 0.893. The molecule has 2 N–H and O–H groups in total. The van der Waals surface area contributed by atoms with Crippen LogP contribution in [0.3, 0.4) is 0 Å². The minimum absolute atomic E-state index is 0.110. The molecule has 0 spiro atoms. The topological polar surface area (TPSA) is 29.3 Å². The Bertz CT molecular complexity index is 513. The predicted molar refractivity (Wildman–Crippen MR) is 76.1 cm³/mol. The maximum atomic E-state index is 13.8. The fraction of sp³-hybridized carbons (Fsp3) is 0.250. The van der Waals surface area contributed by atoms with Gasteiger partial charge < -0.3 is 5.73 Å². The molecule has 0 aromatic heterocycles. The van der Waals surface area contributed by atoms with Gasteiger partial charge in [0.05, 0.1) is 0 Å². The second-order valence-electron chi connectivity index (χ2n) is 4.67. The van der Waals surface area contributed by atoms with Gasteiger partial charge in [0.2, 0.25) is 0 Å². The number of nitrogens with zero attached hydrogens (tertiary/aromatic N) is 1. The summed E-state index contributed by atoms with van der Waals surface area (Å²) < 4.78 is 13.8. The van der Waals surface area contributed by atoms with Crippen molar-refractivity contribution in [3.63, 3.8) is 0 Å². The Morgan fingerprint density at radius 2 is 1.68 bits per heavy atom. The standard InChI is InChI=1S/C16H19FN2/c1-19(12-13-7-3-2-4-8-13)16(11-18)14-9-5-6-10-15(14)17/h2-10,16H,11-12,18H2,1H3. The average molecular weight is 258 g/mol. The summed E-state index contributed by atoms with van der Waals surface area (Å²) in [5, 5.41) is 0. The highest BCUT2D eigenvalue weighted by atomic mass is 19.1. The molecule has 1 unspecified atom stereocenters. The van der Waals surface area contributed by atoms with E-state index in [4.69, 9.17) is 5.73 Å². The Hall–Kier alpha value is -1.71. The third-order valence-electron chi connectivity index (χ3n) is 3.29. The first kappa shape index (κ1) is 13.7. The predicted octanol–water partition coefficient (Wildman–Crippen LogP) is 2.96. The SMILES string of the molecule is CN(Cc1ccccc1)C(CN)c1ccccc1F. The van der Waals surface area contributed by atoms with Crippen LogP contribution in [0.15, 0.2) is 54.6 Å². The summed E-state index contributed by atoms with van der Waals surface area (Å²) in [7, 11) is 1.97. The van der Waals surface area contributed by atoms with Gasteiger partial charge in [0, 0.05) is 24.7 Å². The van der Waals surface area contributed by atoms with Crippen molar-refractivity contribution in [2.45, 2.75) is 12.6 Å². The highest BCUT2D eigenvalue weighted by Gasteiger charge is 2.18. The monoisotopic (exact) mass is 258 g/mol. The number of hydrogen-bond donors (Lipinski definition) is 1. The van der Waals surface area contributed by atoms with Gasteiger partial charge in [0.1, 0.15) is 5.82 Å². The van der Waals surface area contributed by atoms with Gasteiger partial charge in [-0.25, -0.2) is 4.39 Å². The summed E-state index contributed by atoms with van der Waals surface area (Å²) in [6, 6.07) is 16.8. The van der Waals surface area contributed by atoms with Crippen LogP contribution in [0.4, 0.5) is 4.39 Å². The van der Waals surface area contributed by atoms with Gasteiger partial charge in [0.25, 0.3) is 0 Å². The second-order valence-corrected chi connectivity index (χ2v) is 4.67. The molecule has 0 saturated carbocycles. The van der Waals surface area contributed by atoms with Gasteiger partial charge in [-0.1, -0.05) is 48.5 Å². The number of benzene rings is 2. The molecule has 0 radical (unpaired) electrons. The van der Waals surface area contributed by atoms with Crippen molar-refractivity contribution in [2.24, 2.45) is 5.73 Å². The van der Waals surface area contributed by atoms with Crippen molar-refractivity contribution >= 4 is 0 Å². The smallest absolute Gasteiger partial charge is 0.128 e. The Morgan fingerprint density at radius 1 is 1.05 bits per heavy atom. The van der Waals surface area contributed by atoms with Crippen LogP contribution in [0.25, 0.3) is 0 Å². The minimum atomic E-state index is -0.196. The van der Waals surface area contributed by atoms with Gasteiger partial charge in [-0.3, -0.25) is 4.90 Å². The van der Waals surface area contributed by atoms with E-state index in [0.717, 1.165) is 6.54 Å². The van der Waals surface area contributed by atoms with Crippen molar-refractivity contribution in [3.8, 4) is 0 Å². The molecule has 0 amide bonds. The van der Waals surface area contributed by atoms with Crippen molar-refractivity contribution in [3.05, 3.63) is 71.5 Å². The Morgan fingerprint density at radius 3 is 2.32 bits per heavy atom. The highest BCUT2D eigenvalue weighted by molar-refractivity contribution is 5.22. The van der Waals surface area contributed by atoms with Crippen LogP contribution in [0, 0.1) is 5.82 Å². The highest BCUT2D eigenvalue weighted by Crippen LogP contribution is 2.22. The first-order valence-corrected chi connectivity index (χ1v) is 6.41. The number of halogens is 1. The molecule has 2 aromatic carbocycles. The van der Waals surface area contributed by atoms with E-state index in [0.29, 0.717) is 12.1 Å². The molecule has 2 rings (SSSR count). The molecule has 3 heteroatoms. The fourth-order valence-electron chi connectivity index (χ4n) is 2.27. The number of nitrogens with two attached hydrogens (primary N) is 1. The van der Waals surface area contributed by atoms with E-state index < -0.39 is 0 Å². The van der Waals surface area contributed by atoms with Crippen molar-refractivity contribution in [1.82, 2.24) is 4.90 Å². The van der Waals surface area contributed by atoms with Gasteiger partial charge in [-0.15, -0.1) is 0 Å². The van der Waals surface area contributed by atoms with E-state index in [9.17, 15) is 4.39 Å². The van der Waals surface area contributed by atoms with E-state index in [1.807, 2.05) is 31.3 Å². The number of likely N-dealkylation sites (N-methyl/N-ethyl adjacent to an activating group) is 1. The molecular weight excluding hydrogens is 239 g/mol. The van der Waals surface area contributed by atoms with Gasteiger partial charge >= 0.3 is 0 Å². The zero-order valence-electron chi connectivity index (χ0n) is 11.1. The minimum Gasteiger partial charge on any atom is -0.329 e. The lowest BCUT2D eigenvalue weighted by Crippen LogP contribution is -2.30. The lowest BCUT2D eigenvalue weighted by Gasteiger charge is -2.27. The molecule has 0 aliphatic rings. The lowest BCUT2D eigenvalue weighted by atomic mass is 10.0. The zero-order chi connectivity index (χ0) is 13.7. The van der Waals surface area contributed by atoms with Crippen molar-refractivity contribution in [2.75, 3.05) is 13.6 Å². The molecule has 0 aliphatic heterocycles. The molecule has 0 saturated heterocycles. The first-order chi connectivity index (χ1) is 9.22. The molecule has 0 fully saturated rings. The maximum Gasteiger partial charge on any atom is 0.128 e. The summed E-state index contributed by atoms with van der Waals surface area (Å²) in [5.41, 5.74) is 7.67. The second kappa shape index (κ2) is 6.45. The molecule has 0 bridgehead atoms. The summed E-state index contributed by atoms with van der Waals surface area (Å²) in [4.78, 5) is 2.08. The molecule has 19 heavy (non-hydrogen) atoms. The molecule has 2 aromatic rings. The van der Waals surface area contributed by atoms with E-state index in [-0.39, 0.29) is 11.9 Å². The van der Waals surface area contributed by atoms with Crippen LogP contribution in [-0.4, -0.2) is 18.5 Å². The average Bonchev–Trinajstić information content (AvgIpc) is 2.43. The van der Waals surface area contributed by atoms with Crippen LogP contribution < -0.4 is 5.73 Å². The van der Waals surface area contributed by atoms with E-state index >= 15 is 0 Å². The fourth-order valence-corrected chi connectivity index (χ4v) is 2.27. The summed E-state index contributed by atoms with van der Waals surface area (Å²) in [5.74, 6) is -0.196. The zero-order valence-corrected chi connectivity index (χ0v) is 11.1. The molecule has 0 aliphatic carbocycles. The summed E-state index contributed by atoms with van der Waals surface area (Å²) >= 11 is 0. The van der Waals surface area contributed by atoms with Crippen LogP contribution >= 0.6 is 0 Å². The third kappa shape index (κ3) is 3.40. The molecule has 1 atom stereocenters. The van der Waals surface area contributed by atoms with E-state index in [1.165, 1.54) is 11.6 Å². The summed E-state index contributed by atoms with van der Waals surface area (Å²) in [6.07, 6.45) is 0. The normalized spacial score (nSPS) is 12.6. The van der Waals surface area contributed by atoms with Crippen molar-refractivity contribution in [1.29, 1.82) is 0 Å². The van der Waals surface area contributed by atoms with Crippen LogP contribution in [0.1, 0.15) is 17.2 Å². The van der Waals surface area contributed by atoms with Crippen molar-refractivity contribution < 1.29 is 4.39 Å². The van der Waals surface area contributed by atoms with Gasteiger partial charge in [-0.2, -0.15) is 0 Å². The number of hydrogen-bond acceptors (Lipinski definition) is 2. The Balaban J connectivity index is 2.16. The van der Waals surface area contributed by atoms with Crippen LogP contribution in [-0.2, 0) is 6.54 Å². The van der Waals surface area contributed by atoms with Gasteiger partial charge in [-0.05, 0) is 18.7 Å². The van der Waals surface area contributed by atoms with E-state index in [1.54, 1.807) is 12.1 Å². The third-order valence-corrected chi connectivity index (χ3v) is 3.29.